The Morgan fingerprint density at radius 1 is 0.970 bits per heavy atom. The molecule has 0 aliphatic carbocycles. The van der Waals surface area contributed by atoms with Gasteiger partial charge in [-0.2, -0.15) is 0 Å². The summed E-state index contributed by atoms with van der Waals surface area (Å²) in [5.74, 6) is 1.93. The highest BCUT2D eigenvalue weighted by Gasteiger charge is 2.17. The number of benzene rings is 1. The van der Waals surface area contributed by atoms with Crippen LogP contribution in [0.4, 0.5) is 11.6 Å². The second-order valence-corrected chi connectivity index (χ2v) is 8.40. The minimum absolute atomic E-state index is 0.236. The molecule has 5 rings (SSSR count). The summed E-state index contributed by atoms with van der Waals surface area (Å²) in [6.45, 7) is 5.71. The van der Waals surface area contributed by atoms with Crippen LogP contribution in [0.25, 0.3) is 22.2 Å². The van der Waals surface area contributed by atoms with Crippen LogP contribution in [0, 0.1) is 6.92 Å². The fraction of sp³-hybridized carbons (Fsp3) is 0.292. The number of likely N-dealkylation sites (N-methyl/N-ethyl adjacent to an activating group) is 1. The molecule has 0 unspecified atom stereocenters. The second kappa shape index (κ2) is 8.59. The molecule has 4 aromatic rings. The molecule has 168 valence electrons. The first-order valence-electron chi connectivity index (χ1n) is 10.9. The average molecular weight is 443 g/mol. The van der Waals surface area contributed by atoms with Gasteiger partial charge in [0.15, 0.2) is 5.82 Å². The maximum absolute atomic E-state index is 12.9. The van der Waals surface area contributed by atoms with E-state index in [1.807, 2.05) is 55.1 Å². The lowest BCUT2D eigenvalue weighted by Crippen LogP contribution is -2.44. The number of aryl methyl sites for hydroxylation is 1. The first-order valence-corrected chi connectivity index (χ1v) is 10.9. The molecule has 3 aromatic heterocycles. The Morgan fingerprint density at radius 2 is 1.79 bits per heavy atom. The Labute approximate surface area is 192 Å². The van der Waals surface area contributed by atoms with E-state index >= 15 is 0 Å². The number of carbonyl (C=O) groups excluding carboxylic acids is 1. The van der Waals surface area contributed by atoms with Gasteiger partial charge in [0.25, 0.3) is 5.91 Å². The smallest absolute Gasteiger partial charge is 0.257 e. The van der Waals surface area contributed by atoms with Gasteiger partial charge in [-0.1, -0.05) is 6.07 Å². The van der Waals surface area contributed by atoms with Gasteiger partial charge in [0.2, 0.25) is 0 Å². The van der Waals surface area contributed by atoms with Crippen LogP contribution in [0.3, 0.4) is 0 Å². The molecule has 33 heavy (non-hydrogen) atoms. The molecule has 9 heteroatoms. The van der Waals surface area contributed by atoms with Gasteiger partial charge in [0, 0.05) is 55.9 Å². The summed E-state index contributed by atoms with van der Waals surface area (Å²) in [6, 6.07) is 11.4. The Bertz CT molecular complexity index is 1320. The number of aromatic nitrogens is 5. The monoisotopic (exact) mass is 442 g/mol. The summed E-state index contributed by atoms with van der Waals surface area (Å²) in [6.07, 6.45) is 3.53. The van der Waals surface area contributed by atoms with Gasteiger partial charge >= 0.3 is 0 Å². The number of nitrogens with one attached hydrogen (secondary N) is 1. The Kier molecular flexibility index (Phi) is 5.47. The molecule has 0 saturated carbocycles. The van der Waals surface area contributed by atoms with Crippen LogP contribution in [0.15, 0.2) is 48.8 Å². The van der Waals surface area contributed by atoms with E-state index in [9.17, 15) is 4.79 Å². The molecule has 4 heterocycles. The molecular weight excluding hydrogens is 416 g/mol. The third-order valence-electron chi connectivity index (χ3n) is 6.18. The van der Waals surface area contributed by atoms with Crippen LogP contribution in [-0.2, 0) is 7.05 Å². The number of hydrogen-bond acceptors (Lipinski definition) is 7. The van der Waals surface area contributed by atoms with E-state index in [1.54, 1.807) is 12.3 Å². The van der Waals surface area contributed by atoms with Gasteiger partial charge in [0.05, 0.1) is 17.4 Å². The minimum Gasteiger partial charge on any atom is -0.354 e. The van der Waals surface area contributed by atoms with Crippen molar-refractivity contribution in [3.8, 4) is 11.3 Å². The van der Waals surface area contributed by atoms with Crippen molar-refractivity contribution in [3.63, 3.8) is 0 Å². The molecule has 9 nitrogen and oxygen atoms in total. The normalized spacial score (nSPS) is 14.6. The predicted octanol–water partition coefficient (Wildman–Crippen LogP) is 2.74. The van der Waals surface area contributed by atoms with Crippen LogP contribution in [-0.4, -0.2) is 68.8 Å². The zero-order valence-corrected chi connectivity index (χ0v) is 19.0. The van der Waals surface area contributed by atoms with Gasteiger partial charge in [-0.3, -0.25) is 4.79 Å². The van der Waals surface area contributed by atoms with Crippen molar-refractivity contribution < 1.29 is 4.79 Å². The molecule has 1 N–H and O–H groups in total. The van der Waals surface area contributed by atoms with Crippen molar-refractivity contribution in [1.29, 1.82) is 0 Å². The highest BCUT2D eigenvalue weighted by Crippen LogP contribution is 2.25. The molecule has 1 aliphatic rings. The van der Waals surface area contributed by atoms with E-state index < -0.39 is 0 Å². The molecule has 0 radical (unpaired) electrons. The summed E-state index contributed by atoms with van der Waals surface area (Å²) in [5.41, 5.74) is 3.35. The number of fused-ring (bicyclic) bond motifs is 1. The molecule has 1 saturated heterocycles. The summed E-state index contributed by atoms with van der Waals surface area (Å²) in [5, 5.41) is 12.2. The molecule has 1 aliphatic heterocycles. The van der Waals surface area contributed by atoms with Crippen LogP contribution >= 0.6 is 0 Å². The first kappa shape index (κ1) is 21.0. The van der Waals surface area contributed by atoms with Crippen LogP contribution in [0.5, 0.6) is 0 Å². The molecule has 1 fully saturated rings. The summed E-state index contributed by atoms with van der Waals surface area (Å²) < 4.78 is 2.04. The van der Waals surface area contributed by atoms with Crippen LogP contribution < -0.4 is 10.2 Å². The lowest BCUT2D eigenvalue weighted by atomic mass is 10.1. The maximum Gasteiger partial charge on any atom is 0.257 e. The second-order valence-electron chi connectivity index (χ2n) is 8.40. The number of carbonyl (C=O) groups is 1. The Hall–Kier alpha value is -3.85. The zero-order valence-electron chi connectivity index (χ0n) is 19.0. The summed E-state index contributed by atoms with van der Waals surface area (Å²) >= 11 is 0. The van der Waals surface area contributed by atoms with E-state index in [1.165, 1.54) is 0 Å². The molecule has 1 amide bonds. The van der Waals surface area contributed by atoms with Gasteiger partial charge in [-0.05, 0) is 44.3 Å². The van der Waals surface area contributed by atoms with Crippen LogP contribution in [0.1, 0.15) is 16.2 Å². The van der Waals surface area contributed by atoms with Crippen LogP contribution in [0.2, 0.25) is 0 Å². The van der Waals surface area contributed by atoms with Gasteiger partial charge in [-0.15, -0.1) is 10.2 Å². The predicted molar refractivity (Wildman–Crippen MR) is 128 cm³/mol. The summed E-state index contributed by atoms with van der Waals surface area (Å²) in [4.78, 5) is 26.2. The molecule has 0 atom stereocenters. The minimum atomic E-state index is -0.236. The average Bonchev–Trinajstić information content (AvgIpc) is 3.17. The van der Waals surface area contributed by atoms with E-state index in [2.05, 4.69) is 42.3 Å². The quantitative estimate of drug-likeness (QED) is 0.520. The fourth-order valence-corrected chi connectivity index (χ4v) is 3.99. The largest absolute Gasteiger partial charge is 0.354 e. The van der Waals surface area contributed by atoms with E-state index in [0.717, 1.165) is 60.0 Å². The zero-order chi connectivity index (χ0) is 22.9. The fourth-order valence-electron chi connectivity index (χ4n) is 3.99. The van der Waals surface area contributed by atoms with Gasteiger partial charge in [0.1, 0.15) is 11.6 Å². The SMILES string of the molecule is Cc1ncc(-c2ccc3nnc(NC(=O)c4ccnc(N5CCN(C)CC5)c4)cc3c2)n1C. The van der Waals surface area contributed by atoms with Crippen molar-refractivity contribution in [2.45, 2.75) is 6.92 Å². The number of amides is 1. The maximum atomic E-state index is 12.9. The standard InChI is InChI=1S/C24H26N8O/c1-16-26-15-21(31(16)3)17-4-5-20-19(12-17)13-22(29-28-20)27-24(33)18-6-7-25-23(14-18)32-10-8-30(2)9-11-32/h4-7,12-15H,8-11H2,1-3H3,(H,27,29,33). The van der Waals surface area contributed by atoms with E-state index in [4.69, 9.17) is 0 Å². The number of nitrogens with zero attached hydrogens (tertiary/aromatic N) is 7. The Balaban J connectivity index is 1.37. The van der Waals surface area contributed by atoms with Crippen molar-refractivity contribution >= 4 is 28.4 Å². The van der Waals surface area contributed by atoms with Crippen molar-refractivity contribution in [3.05, 3.63) is 60.2 Å². The number of pyridine rings is 1. The number of hydrogen-bond donors (Lipinski definition) is 1. The highest BCUT2D eigenvalue weighted by atomic mass is 16.1. The third kappa shape index (κ3) is 4.27. The topological polar surface area (TPSA) is 92.1 Å². The van der Waals surface area contributed by atoms with Crippen molar-refractivity contribution in [2.75, 3.05) is 43.4 Å². The van der Waals surface area contributed by atoms with E-state index in [-0.39, 0.29) is 5.91 Å². The van der Waals surface area contributed by atoms with Gasteiger partial charge in [-0.25, -0.2) is 9.97 Å². The lowest BCUT2D eigenvalue weighted by Gasteiger charge is -2.33. The molecular formula is C24H26N8O. The number of anilines is 2. The molecule has 0 bridgehead atoms. The molecule has 1 aromatic carbocycles. The first-order chi connectivity index (χ1) is 16.0. The number of piperazine rings is 1. The lowest BCUT2D eigenvalue weighted by molar-refractivity contribution is 0.102. The Morgan fingerprint density at radius 3 is 2.55 bits per heavy atom. The number of rotatable bonds is 4. The van der Waals surface area contributed by atoms with Crippen molar-refractivity contribution in [1.82, 2.24) is 29.6 Å². The number of imidazole rings is 1. The summed E-state index contributed by atoms with van der Waals surface area (Å²) in [7, 11) is 4.10. The van der Waals surface area contributed by atoms with Crippen molar-refractivity contribution in [2.24, 2.45) is 7.05 Å². The highest BCUT2D eigenvalue weighted by molar-refractivity contribution is 6.04. The third-order valence-corrected chi connectivity index (χ3v) is 6.18. The van der Waals surface area contributed by atoms with E-state index in [0.29, 0.717) is 11.4 Å². The van der Waals surface area contributed by atoms with Gasteiger partial charge < -0.3 is 19.7 Å². The molecule has 0 spiro atoms.